The minimum absolute atomic E-state index is 0.109. The van der Waals surface area contributed by atoms with Crippen LogP contribution in [0.5, 0.6) is 0 Å². The van der Waals surface area contributed by atoms with E-state index in [2.05, 4.69) is 47.1 Å². The predicted molar refractivity (Wildman–Crippen MR) is 115 cm³/mol. The highest BCUT2D eigenvalue weighted by Gasteiger charge is 2.37. The molecule has 0 unspecified atom stereocenters. The smallest absolute Gasteiger partial charge is 0.229 e. The van der Waals surface area contributed by atoms with Gasteiger partial charge in [0.2, 0.25) is 5.91 Å². The maximum Gasteiger partial charge on any atom is 0.229 e. The Kier molecular flexibility index (Phi) is 4.43. The van der Waals surface area contributed by atoms with Crippen LogP contribution in [0.3, 0.4) is 0 Å². The number of benzene rings is 2. The number of carbonyl (C=O) groups is 1. The van der Waals surface area contributed by atoms with E-state index in [1.807, 2.05) is 23.1 Å². The van der Waals surface area contributed by atoms with Crippen molar-refractivity contribution in [2.24, 2.45) is 5.92 Å². The normalized spacial score (nSPS) is 17.8. The quantitative estimate of drug-likeness (QED) is 0.685. The number of anilines is 2. The van der Waals surface area contributed by atoms with Crippen LogP contribution >= 0.6 is 11.3 Å². The molecule has 2 saturated heterocycles. The highest BCUT2D eigenvalue weighted by Crippen LogP contribution is 2.33. The topological polar surface area (TPSA) is 39.7 Å². The number of thiazole rings is 1. The van der Waals surface area contributed by atoms with Crippen molar-refractivity contribution in [3.63, 3.8) is 0 Å². The van der Waals surface area contributed by atoms with E-state index in [4.69, 9.17) is 4.98 Å². The molecule has 3 aromatic rings. The summed E-state index contributed by atoms with van der Waals surface area (Å²) in [5, 5.41) is 1.04. The Bertz CT molecular complexity index is 969. The molecule has 2 aromatic carbocycles. The summed E-state index contributed by atoms with van der Waals surface area (Å²) in [6.45, 7) is 7.13. The van der Waals surface area contributed by atoms with E-state index in [0.29, 0.717) is 5.91 Å². The van der Waals surface area contributed by atoms with Crippen molar-refractivity contribution in [3.05, 3.63) is 54.1 Å². The molecule has 2 fully saturated rings. The number of carbonyl (C=O) groups excluding carboxylic acids is 1. The molecule has 28 heavy (non-hydrogen) atoms. The molecule has 2 aliphatic rings. The van der Waals surface area contributed by atoms with E-state index in [0.717, 1.165) is 49.9 Å². The summed E-state index contributed by atoms with van der Waals surface area (Å²) < 4.78 is 1.21. The lowest BCUT2D eigenvalue weighted by molar-refractivity contribution is -0.136. The Morgan fingerprint density at radius 3 is 2.54 bits per heavy atom. The monoisotopic (exact) mass is 392 g/mol. The van der Waals surface area contributed by atoms with E-state index in [9.17, 15) is 4.79 Å². The van der Waals surface area contributed by atoms with Gasteiger partial charge in [0.15, 0.2) is 5.13 Å². The van der Waals surface area contributed by atoms with Gasteiger partial charge in [-0.05, 0) is 36.8 Å². The molecule has 5 nitrogen and oxygen atoms in total. The lowest BCUT2D eigenvalue weighted by Crippen LogP contribution is -2.58. The molecule has 1 amide bonds. The van der Waals surface area contributed by atoms with Crippen LogP contribution in [0.25, 0.3) is 10.2 Å². The van der Waals surface area contributed by atoms with E-state index in [1.54, 1.807) is 11.3 Å². The standard InChI is InChI=1S/C22H24N4OS/c1-16-5-4-6-18(13-16)24-9-11-25(12-10-24)21(27)17-14-26(15-17)22-23-19-7-2-3-8-20(19)28-22/h2-8,13,17H,9-12,14-15H2,1H3. The van der Waals surface area contributed by atoms with Gasteiger partial charge in [-0.3, -0.25) is 4.79 Å². The lowest BCUT2D eigenvalue weighted by Gasteiger charge is -2.43. The number of hydrogen-bond acceptors (Lipinski definition) is 5. The fraction of sp³-hybridized carbons (Fsp3) is 0.364. The Morgan fingerprint density at radius 1 is 1.00 bits per heavy atom. The second kappa shape index (κ2) is 7.09. The molecule has 0 bridgehead atoms. The SMILES string of the molecule is Cc1cccc(N2CCN(C(=O)C3CN(c4nc5ccccc5s4)C3)CC2)c1. The number of aromatic nitrogens is 1. The van der Waals surface area contributed by atoms with Crippen LogP contribution < -0.4 is 9.80 Å². The number of aryl methyl sites for hydroxylation is 1. The van der Waals surface area contributed by atoms with Crippen molar-refractivity contribution >= 4 is 38.3 Å². The largest absolute Gasteiger partial charge is 0.368 e. The van der Waals surface area contributed by atoms with Crippen molar-refractivity contribution in [2.45, 2.75) is 6.92 Å². The molecule has 5 rings (SSSR count). The molecule has 0 spiro atoms. The van der Waals surface area contributed by atoms with Gasteiger partial charge in [-0.1, -0.05) is 35.6 Å². The van der Waals surface area contributed by atoms with Crippen molar-refractivity contribution < 1.29 is 4.79 Å². The summed E-state index contributed by atoms with van der Waals surface area (Å²) >= 11 is 1.71. The molecule has 0 radical (unpaired) electrons. The first-order valence-corrected chi connectivity index (χ1v) is 10.7. The van der Waals surface area contributed by atoms with Gasteiger partial charge in [-0.2, -0.15) is 0 Å². The number of amides is 1. The Morgan fingerprint density at radius 2 is 1.79 bits per heavy atom. The zero-order valence-electron chi connectivity index (χ0n) is 16.0. The van der Waals surface area contributed by atoms with Gasteiger partial charge in [0, 0.05) is 45.0 Å². The predicted octanol–water partition coefficient (Wildman–Crippen LogP) is 3.39. The van der Waals surface area contributed by atoms with Crippen molar-refractivity contribution in [2.75, 3.05) is 49.1 Å². The van der Waals surface area contributed by atoms with E-state index < -0.39 is 0 Å². The summed E-state index contributed by atoms with van der Waals surface area (Å²) in [7, 11) is 0. The van der Waals surface area contributed by atoms with Crippen LogP contribution in [0.1, 0.15) is 5.56 Å². The van der Waals surface area contributed by atoms with Crippen LogP contribution in [0.15, 0.2) is 48.5 Å². The molecule has 0 atom stereocenters. The van der Waals surface area contributed by atoms with Gasteiger partial charge < -0.3 is 14.7 Å². The fourth-order valence-electron chi connectivity index (χ4n) is 4.05. The summed E-state index contributed by atoms with van der Waals surface area (Å²) in [4.78, 5) is 24.3. The zero-order chi connectivity index (χ0) is 19.1. The van der Waals surface area contributed by atoms with Crippen molar-refractivity contribution in [1.29, 1.82) is 0 Å². The maximum atomic E-state index is 12.9. The molecule has 144 valence electrons. The summed E-state index contributed by atoms with van der Waals surface area (Å²) in [5.41, 5.74) is 3.59. The number of hydrogen-bond donors (Lipinski definition) is 0. The molecule has 2 aliphatic heterocycles. The van der Waals surface area contributed by atoms with Crippen LogP contribution in [0, 0.1) is 12.8 Å². The number of fused-ring (bicyclic) bond motifs is 1. The molecule has 0 N–H and O–H groups in total. The van der Waals surface area contributed by atoms with E-state index in [-0.39, 0.29) is 5.92 Å². The van der Waals surface area contributed by atoms with Crippen molar-refractivity contribution in [3.8, 4) is 0 Å². The fourth-order valence-corrected chi connectivity index (χ4v) is 5.04. The summed E-state index contributed by atoms with van der Waals surface area (Å²) in [6, 6.07) is 16.8. The lowest BCUT2D eigenvalue weighted by atomic mass is 9.99. The highest BCUT2D eigenvalue weighted by atomic mass is 32.1. The Balaban J connectivity index is 1.16. The zero-order valence-corrected chi connectivity index (χ0v) is 16.9. The number of piperazine rings is 1. The molecule has 0 saturated carbocycles. The Hall–Kier alpha value is -2.60. The second-order valence-corrected chi connectivity index (χ2v) is 8.73. The summed E-state index contributed by atoms with van der Waals surface area (Å²) in [6.07, 6.45) is 0. The van der Waals surface area contributed by atoms with Gasteiger partial charge in [0.05, 0.1) is 16.1 Å². The first kappa shape index (κ1) is 17.5. The molecule has 6 heteroatoms. The number of rotatable bonds is 3. The number of nitrogens with zero attached hydrogens (tertiary/aromatic N) is 4. The van der Waals surface area contributed by atoms with Crippen LogP contribution in [-0.2, 0) is 4.79 Å². The first-order valence-electron chi connectivity index (χ1n) is 9.88. The average Bonchev–Trinajstić information content (AvgIpc) is 3.10. The summed E-state index contributed by atoms with van der Waals surface area (Å²) in [5.74, 6) is 0.416. The van der Waals surface area contributed by atoms with Gasteiger partial charge >= 0.3 is 0 Å². The minimum Gasteiger partial charge on any atom is -0.368 e. The van der Waals surface area contributed by atoms with Crippen LogP contribution in [0.4, 0.5) is 10.8 Å². The van der Waals surface area contributed by atoms with Gasteiger partial charge in [-0.25, -0.2) is 4.98 Å². The molecule has 1 aromatic heterocycles. The van der Waals surface area contributed by atoms with Crippen molar-refractivity contribution in [1.82, 2.24) is 9.88 Å². The van der Waals surface area contributed by atoms with E-state index >= 15 is 0 Å². The highest BCUT2D eigenvalue weighted by molar-refractivity contribution is 7.22. The molecule has 3 heterocycles. The third-order valence-electron chi connectivity index (χ3n) is 5.74. The average molecular weight is 393 g/mol. The third-order valence-corrected chi connectivity index (χ3v) is 6.84. The van der Waals surface area contributed by atoms with Gasteiger partial charge in [0.1, 0.15) is 0 Å². The minimum atomic E-state index is 0.109. The van der Waals surface area contributed by atoms with Crippen LogP contribution in [-0.4, -0.2) is 55.1 Å². The van der Waals surface area contributed by atoms with Crippen LogP contribution in [0.2, 0.25) is 0 Å². The Labute approximate surface area is 169 Å². The molecular formula is C22H24N4OS. The third kappa shape index (κ3) is 3.22. The van der Waals surface area contributed by atoms with Gasteiger partial charge in [0.25, 0.3) is 0 Å². The first-order chi connectivity index (χ1) is 13.7. The molecular weight excluding hydrogens is 368 g/mol. The maximum absolute atomic E-state index is 12.9. The number of para-hydroxylation sites is 1. The molecule has 0 aliphatic carbocycles. The second-order valence-electron chi connectivity index (χ2n) is 7.72. The van der Waals surface area contributed by atoms with E-state index in [1.165, 1.54) is 16.0 Å². The van der Waals surface area contributed by atoms with Gasteiger partial charge in [-0.15, -0.1) is 0 Å².